The number of amides is 1. The quantitative estimate of drug-likeness (QED) is 0.915. The smallest absolute Gasteiger partial charge is 0.259 e. The van der Waals surface area contributed by atoms with Crippen molar-refractivity contribution in [3.05, 3.63) is 47.4 Å². The van der Waals surface area contributed by atoms with Crippen molar-refractivity contribution in [1.29, 1.82) is 0 Å². The van der Waals surface area contributed by atoms with E-state index in [-0.39, 0.29) is 11.0 Å². The van der Waals surface area contributed by atoms with E-state index in [4.69, 9.17) is 0 Å². The van der Waals surface area contributed by atoms with Gasteiger partial charge >= 0.3 is 0 Å². The maximum absolute atomic E-state index is 13.6. The van der Waals surface area contributed by atoms with Crippen molar-refractivity contribution in [1.82, 2.24) is 9.78 Å². The zero-order chi connectivity index (χ0) is 14.9. The molecule has 1 aromatic carbocycles. The second-order valence-corrected chi connectivity index (χ2v) is 5.72. The molecular formula is C15H18FN3O. The predicted octanol–water partition coefficient (Wildman–Crippen LogP) is 3.11. The van der Waals surface area contributed by atoms with Gasteiger partial charge in [0.15, 0.2) is 0 Å². The molecule has 0 bridgehead atoms. The topological polar surface area (TPSA) is 46.9 Å². The number of rotatable bonds is 2. The summed E-state index contributed by atoms with van der Waals surface area (Å²) < 4.78 is 15.1. The van der Waals surface area contributed by atoms with E-state index in [1.165, 1.54) is 12.1 Å². The van der Waals surface area contributed by atoms with Crippen molar-refractivity contribution in [2.75, 3.05) is 5.32 Å². The number of nitrogens with one attached hydrogen (secondary N) is 1. The molecule has 0 fully saturated rings. The molecule has 0 atom stereocenters. The number of halogens is 1. The van der Waals surface area contributed by atoms with E-state index in [2.05, 4.69) is 10.4 Å². The van der Waals surface area contributed by atoms with Gasteiger partial charge in [0.05, 0.1) is 11.3 Å². The fourth-order valence-corrected chi connectivity index (χ4v) is 1.78. The first-order chi connectivity index (χ1) is 9.29. The van der Waals surface area contributed by atoms with Gasteiger partial charge in [0, 0.05) is 18.5 Å². The number of aromatic nitrogens is 2. The molecule has 1 amide bonds. The van der Waals surface area contributed by atoms with E-state index in [0.29, 0.717) is 5.82 Å². The molecule has 0 unspecified atom stereocenters. The summed E-state index contributed by atoms with van der Waals surface area (Å²) in [5.41, 5.74) is 0.772. The Morgan fingerprint density at radius 1 is 1.30 bits per heavy atom. The molecule has 0 aliphatic heterocycles. The minimum absolute atomic E-state index is 0.0195. The Hall–Kier alpha value is -2.17. The minimum atomic E-state index is -0.539. The van der Waals surface area contributed by atoms with Gasteiger partial charge in [-0.05, 0) is 12.1 Å². The summed E-state index contributed by atoms with van der Waals surface area (Å²) in [5, 5.41) is 7.04. The molecule has 20 heavy (non-hydrogen) atoms. The number of benzene rings is 1. The van der Waals surface area contributed by atoms with Crippen molar-refractivity contribution in [2.45, 2.75) is 26.2 Å². The molecule has 4 nitrogen and oxygen atoms in total. The maximum Gasteiger partial charge on any atom is 0.259 e. The molecule has 1 aromatic heterocycles. The van der Waals surface area contributed by atoms with Crippen LogP contribution in [0.15, 0.2) is 30.3 Å². The number of hydrogen-bond acceptors (Lipinski definition) is 2. The van der Waals surface area contributed by atoms with Crippen LogP contribution >= 0.6 is 0 Å². The van der Waals surface area contributed by atoms with Crippen LogP contribution in [-0.2, 0) is 12.5 Å². The van der Waals surface area contributed by atoms with Crippen molar-refractivity contribution < 1.29 is 9.18 Å². The summed E-state index contributed by atoms with van der Waals surface area (Å²) in [4.78, 5) is 12.1. The Kier molecular flexibility index (Phi) is 3.61. The maximum atomic E-state index is 13.6. The second-order valence-electron chi connectivity index (χ2n) is 5.72. The van der Waals surface area contributed by atoms with Crippen LogP contribution in [0.25, 0.3) is 0 Å². The number of hydrogen-bond donors (Lipinski definition) is 1. The highest BCUT2D eigenvalue weighted by molar-refractivity contribution is 6.04. The number of anilines is 1. The van der Waals surface area contributed by atoms with Crippen molar-refractivity contribution in [3.8, 4) is 0 Å². The Morgan fingerprint density at radius 2 is 1.95 bits per heavy atom. The van der Waals surface area contributed by atoms with Crippen LogP contribution in [0.5, 0.6) is 0 Å². The van der Waals surface area contributed by atoms with Crippen LogP contribution in [0.1, 0.15) is 36.8 Å². The number of carbonyl (C=O) groups excluding carboxylic acids is 1. The molecule has 1 heterocycles. The van der Waals surface area contributed by atoms with Gasteiger partial charge in [-0.2, -0.15) is 5.10 Å². The third-order valence-electron chi connectivity index (χ3n) is 3.01. The lowest BCUT2D eigenvalue weighted by Gasteiger charge is -2.13. The van der Waals surface area contributed by atoms with E-state index < -0.39 is 11.7 Å². The monoisotopic (exact) mass is 275 g/mol. The second kappa shape index (κ2) is 5.07. The normalized spacial score (nSPS) is 11.4. The van der Waals surface area contributed by atoms with E-state index in [0.717, 1.165) is 5.69 Å². The molecule has 0 saturated carbocycles. The summed E-state index contributed by atoms with van der Waals surface area (Å²) in [6, 6.07) is 7.69. The fraction of sp³-hybridized carbons (Fsp3) is 0.333. The molecule has 2 rings (SSSR count). The molecule has 0 aliphatic rings. The lowest BCUT2D eigenvalue weighted by atomic mass is 9.92. The van der Waals surface area contributed by atoms with Crippen LogP contribution in [0.2, 0.25) is 0 Å². The first-order valence-corrected chi connectivity index (χ1v) is 6.39. The predicted molar refractivity (Wildman–Crippen MR) is 76.3 cm³/mol. The average molecular weight is 275 g/mol. The average Bonchev–Trinajstić information content (AvgIpc) is 2.71. The van der Waals surface area contributed by atoms with Gasteiger partial charge in [-0.25, -0.2) is 4.39 Å². The molecule has 2 aromatic rings. The third-order valence-corrected chi connectivity index (χ3v) is 3.01. The zero-order valence-corrected chi connectivity index (χ0v) is 12.1. The van der Waals surface area contributed by atoms with Crippen LogP contribution in [-0.4, -0.2) is 15.7 Å². The zero-order valence-electron chi connectivity index (χ0n) is 12.1. The van der Waals surface area contributed by atoms with Crippen LogP contribution < -0.4 is 5.32 Å². The van der Waals surface area contributed by atoms with E-state index >= 15 is 0 Å². The Labute approximate surface area is 117 Å². The number of carbonyl (C=O) groups is 1. The highest BCUT2D eigenvalue weighted by atomic mass is 19.1. The van der Waals surface area contributed by atoms with E-state index in [1.54, 1.807) is 29.9 Å². The Morgan fingerprint density at radius 3 is 2.50 bits per heavy atom. The first-order valence-electron chi connectivity index (χ1n) is 6.39. The lowest BCUT2D eigenvalue weighted by Crippen LogP contribution is -2.15. The summed E-state index contributed by atoms with van der Waals surface area (Å²) >= 11 is 0. The molecule has 5 heteroatoms. The summed E-state index contributed by atoms with van der Waals surface area (Å²) in [6.07, 6.45) is 0. The molecule has 106 valence electrons. The van der Waals surface area contributed by atoms with Crippen molar-refractivity contribution in [2.24, 2.45) is 7.05 Å². The highest BCUT2D eigenvalue weighted by Crippen LogP contribution is 2.23. The standard InChI is InChI=1S/C15H18FN3O/c1-15(2,3)12-9-13(19(4)18-12)17-14(20)10-7-5-6-8-11(10)16/h5-9H,1-4H3,(H,17,20). The minimum Gasteiger partial charge on any atom is -0.307 e. The van der Waals surface area contributed by atoms with Crippen molar-refractivity contribution >= 4 is 11.7 Å². The Balaban J connectivity index is 2.25. The van der Waals surface area contributed by atoms with Crippen LogP contribution in [0.4, 0.5) is 10.2 Å². The van der Waals surface area contributed by atoms with Gasteiger partial charge in [0.25, 0.3) is 5.91 Å². The van der Waals surface area contributed by atoms with E-state index in [1.807, 2.05) is 20.8 Å². The summed E-state index contributed by atoms with van der Waals surface area (Å²) in [7, 11) is 1.74. The molecule has 0 radical (unpaired) electrons. The lowest BCUT2D eigenvalue weighted by molar-refractivity contribution is 0.102. The van der Waals surface area contributed by atoms with Gasteiger partial charge in [-0.1, -0.05) is 32.9 Å². The van der Waals surface area contributed by atoms with E-state index in [9.17, 15) is 9.18 Å². The summed E-state index contributed by atoms with van der Waals surface area (Å²) in [6.45, 7) is 6.12. The number of aryl methyl sites for hydroxylation is 1. The third kappa shape index (κ3) is 2.87. The van der Waals surface area contributed by atoms with Gasteiger partial charge in [0.1, 0.15) is 11.6 Å². The number of nitrogens with zero attached hydrogens (tertiary/aromatic N) is 2. The first kappa shape index (κ1) is 14.2. The fourth-order valence-electron chi connectivity index (χ4n) is 1.78. The van der Waals surface area contributed by atoms with Gasteiger partial charge in [-0.3, -0.25) is 9.48 Å². The largest absolute Gasteiger partial charge is 0.307 e. The van der Waals surface area contributed by atoms with Gasteiger partial charge < -0.3 is 5.32 Å². The molecular weight excluding hydrogens is 257 g/mol. The summed E-state index contributed by atoms with van der Waals surface area (Å²) in [5.74, 6) is -0.474. The van der Waals surface area contributed by atoms with Gasteiger partial charge in [-0.15, -0.1) is 0 Å². The van der Waals surface area contributed by atoms with Crippen molar-refractivity contribution in [3.63, 3.8) is 0 Å². The SMILES string of the molecule is Cn1nc(C(C)(C)C)cc1NC(=O)c1ccccc1F. The van der Waals surface area contributed by atoms with Crippen LogP contribution in [0, 0.1) is 5.82 Å². The molecule has 0 saturated heterocycles. The molecule has 1 N–H and O–H groups in total. The molecule has 0 aliphatic carbocycles. The Bertz CT molecular complexity index is 641. The van der Waals surface area contributed by atoms with Crippen LogP contribution in [0.3, 0.4) is 0 Å². The molecule has 0 spiro atoms. The highest BCUT2D eigenvalue weighted by Gasteiger charge is 2.20. The van der Waals surface area contributed by atoms with Gasteiger partial charge in [0.2, 0.25) is 0 Å².